The number of benzene rings is 1. The molecule has 3 heterocycles. The molecule has 0 fully saturated rings. The van der Waals surface area contributed by atoms with Gasteiger partial charge in [-0.15, -0.1) is 0 Å². The lowest BCUT2D eigenvalue weighted by Gasteiger charge is -2.05. The summed E-state index contributed by atoms with van der Waals surface area (Å²) in [5.41, 5.74) is 2.11. The van der Waals surface area contributed by atoms with Gasteiger partial charge in [0.05, 0.1) is 16.9 Å². The van der Waals surface area contributed by atoms with E-state index in [1.807, 2.05) is 12.1 Å². The fraction of sp³-hybridized carbons (Fsp3) is 0. The Morgan fingerprint density at radius 1 is 1.17 bits per heavy atom. The summed E-state index contributed by atoms with van der Waals surface area (Å²) in [4.78, 5) is 18.9. The van der Waals surface area contributed by atoms with E-state index < -0.39 is 4.92 Å². The number of non-ortho nitro benzene ring substituents is 1. The zero-order chi connectivity index (χ0) is 15.8. The Morgan fingerprint density at radius 2 is 2.00 bits per heavy atom. The van der Waals surface area contributed by atoms with Crippen LogP contribution in [0.2, 0.25) is 0 Å². The Kier molecular flexibility index (Phi) is 2.87. The second-order valence-corrected chi connectivity index (χ2v) is 4.78. The van der Waals surface area contributed by atoms with Crippen LogP contribution in [0.1, 0.15) is 0 Å². The Balaban J connectivity index is 1.89. The Hall–Kier alpha value is -3.55. The summed E-state index contributed by atoms with van der Waals surface area (Å²) in [7, 11) is 0. The average molecular weight is 307 g/mol. The van der Waals surface area contributed by atoms with Crippen LogP contribution in [0, 0.1) is 10.1 Å². The van der Waals surface area contributed by atoms with Crippen LogP contribution in [0.3, 0.4) is 0 Å². The molecule has 0 bridgehead atoms. The average Bonchev–Trinajstić information content (AvgIpc) is 3.25. The van der Waals surface area contributed by atoms with Crippen LogP contribution in [0.4, 0.5) is 5.69 Å². The van der Waals surface area contributed by atoms with E-state index in [4.69, 9.17) is 4.42 Å². The molecule has 0 aliphatic carbocycles. The highest BCUT2D eigenvalue weighted by Gasteiger charge is 2.13. The van der Waals surface area contributed by atoms with Crippen molar-refractivity contribution in [3.8, 4) is 22.7 Å². The molecule has 0 aliphatic heterocycles. The molecule has 1 aromatic carbocycles. The first kappa shape index (κ1) is 13.1. The Morgan fingerprint density at radius 3 is 2.70 bits per heavy atom. The normalized spacial score (nSPS) is 11.0. The number of hydrogen-bond donors (Lipinski definition) is 0. The van der Waals surface area contributed by atoms with Gasteiger partial charge in [0, 0.05) is 17.7 Å². The monoisotopic (exact) mass is 307 g/mol. The lowest BCUT2D eigenvalue weighted by Crippen LogP contribution is -1.98. The quantitative estimate of drug-likeness (QED) is 0.426. The molecular weight excluding hydrogens is 298 g/mol. The molecule has 0 saturated carbocycles. The van der Waals surface area contributed by atoms with E-state index in [2.05, 4.69) is 15.1 Å². The molecule has 0 atom stereocenters. The van der Waals surface area contributed by atoms with Gasteiger partial charge in [0.15, 0.2) is 5.76 Å². The summed E-state index contributed by atoms with van der Waals surface area (Å²) in [6.07, 6.45) is 2.98. The van der Waals surface area contributed by atoms with Gasteiger partial charge >= 0.3 is 0 Å². The van der Waals surface area contributed by atoms with Crippen molar-refractivity contribution in [2.75, 3.05) is 0 Å². The number of nitrogens with zero attached hydrogens (tertiary/aromatic N) is 5. The summed E-state index contributed by atoms with van der Waals surface area (Å²) in [6, 6.07) is 11.6. The molecule has 0 radical (unpaired) electrons. The maximum Gasteiger partial charge on any atom is 0.269 e. The van der Waals surface area contributed by atoms with Crippen LogP contribution < -0.4 is 0 Å². The highest BCUT2D eigenvalue weighted by Crippen LogP contribution is 2.26. The van der Waals surface area contributed by atoms with Crippen LogP contribution in [-0.2, 0) is 0 Å². The molecule has 3 aromatic heterocycles. The van der Waals surface area contributed by atoms with Gasteiger partial charge in [0.25, 0.3) is 11.5 Å². The van der Waals surface area contributed by atoms with E-state index in [9.17, 15) is 10.1 Å². The summed E-state index contributed by atoms with van der Waals surface area (Å²) < 4.78 is 7.01. The van der Waals surface area contributed by atoms with Crippen LogP contribution in [-0.4, -0.2) is 24.5 Å². The summed E-state index contributed by atoms with van der Waals surface area (Å²) in [5.74, 6) is 1.05. The fourth-order valence-electron chi connectivity index (χ4n) is 2.31. The molecule has 4 rings (SSSR count). The van der Waals surface area contributed by atoms with E-state index in [1.165, 1.54) is 18.5 Å². The van der Waals surface area contributed by atoms with Crippen LogP contribution in [0.5, 0.6) is 0 Å². The third-order valence-electron chi connectivity index (χ3n) is 3.40. The van der Waals surface area contributed by atoms with Gasteiger partial charge in [-0.2, -0.15) is 14.6 Å². The molecule has 23 heavy (non-hydrogen) atoms. The number of rotatable bonds is 3. The molecule has 4 aromatic rings. The van der Waals surface area contributed by atoms with Crippen molar-refractivity contribution < 1.29 is 9.34 Å². The lowest BCUT2D eigenvalue weighted by atomic mass is 10.1. The number of hydrogen-bond acceptors (Lipinski definition) is 6. The first-order valence-electron chi connectivity index (χ1n) is 6.72. The smallest absolute Gasteiger partial charge is 0.269 e. The predicted octanol–water partition coefficient (Wildman–Crippen LogP) is 2.96. The highest BCUT2D eigenvalue weighted by molar-refractivity contribution is 5.68. The molecular formula is C15H9N5O3. The molecule has 0 N–H and O–H groups in total. The van der Waals surface area contributed by atoms with Gasteiger partial charge in [0.1, 0.15) is 12.0 Å². The van der Waals surface area contributed by atoms with E-state index >= 15 is 0 Å². The minimum absolute atomic E-state index is 0.0311. The second kappa shape index (κ2) is 5.02. The molecule has 112 valence electrons. The fourth-order valence-corrected chi connectivity index (χ4v) is 2.31. The zero-order valence-electron chi connectivity index (χ0n) is 11.7. The highest BCUT2D eigenvalue weighted by atomic mass is 16.6. The molecule has 8 nitrogen and oxygen atoms in total. The van der Waals surface area contributed by atoms with Crippen molar-refractivity contribution in [3.05, 3.63) is 65.2 Å². The molecule has 0 unspecified atom stereocenters. The predicted molar refractivity (Wildman–Crippen MR) is 80.6 cm³/mol. The van der Waals surface area contributed by atoms with Crippen LogP contribution in [0.15, 0.2) is 59.5 Å². The second-order valence-electron chi connectivity index (χ2n) is 4.78. The summed E-state index contributed by atoms with van der Waals surface area (Å²) >= 11 is 0. The van der Waals surface area contributed by atoms with Crippen molar-refractivity contribution >= 4 is 11.5 Å². The molecule has 0 spiro atoms. The van der Waals surface area contributed by atoms with E-state index in [1.54, 1.807) is 29.0 Å². The first-order chi connectivity index (χ1) is 11.2. The van der Waals surface area contributed by atoms with Gasteiger partial charge in [-0.3, -0.25) is 10.1 Å². The lowest BCUT2D eigenvalue weighted by molar-refractivity contribution is -0.384. The van der Waals surface area contributed by atoms with E-state index in [0.717, 1.165) is 5.56 Å². The topological polar surface area (TPSA) is 99.4 Å². The first-order valence-corrected chi connectivity index (χ1v) is 6.72. The maximum atomic E-state index is 10.8. The maximum absolute atomic E-state index is 10.8. The van der Waals surface area contributed by atoms with Gasteiger partial charge in [-0.25, -0.2) is 4.98 Å². The van der Waals surface area contributed by atoms with Crippen LogP contribution in [0.25, 0.3) is 28.5 Å². The number of nitro groups is 1. The van der Waals surface area contributed by atoms with Crippen molar-refractivity contribution in [3.63, 3.8) is 0 Å². The summed E-state index contributed by atoms with van der Waals surface area (Å²) in [6.45, 7) is 0. The molecule has 0 aliphatic rings. The largest absolute Gasteiger partial charge is 0.463 e. The Labute approximate surface area is 129 Å². The molecule has 0 saturated heterocycles. The van der Waals surface area contributed by atoms with Crippen molar-refractivity contribution in [2.45, 2.75) is 0 Å². The van der Waals surface area contributed by atoms with Crippen LogP contribution >= 0.6 is 0 Å². The van der Waals surface area contributed by atoms with Gasteiger partial charge in [-0.05, 0) is 30.3 Å². The SMILES string of the molecule is O=[N+]([O-])c1ccc(-c2cc(-c3ccco3)n3ncnc3n2)cc1. The zero-order valence-corrected chi connectivity index (χ0v) is 11.7. The van der Waals surface area contributed by atoms with Gasteiger partial charge < -0.3 is 4.42 Å². The third-order valence-corrected chi connectivity index (χ3v) is 3.40. The minimum atomic E-state index is -0.437. The number of aromatic nitrogens is 4. The van der Waals surface area contributed by atoms with Gasteiger partial charge in [-0.1, -0.05) is 0 Å². The van der Waals surface area contributed by atoms with Gasteiger partial charge in [0.2, 0.25) is 0 Å². The van der Waals surface area contributed by atoms with E-state index in [-0.39, 0.29) is 5.69 Å². The summed E-state index contributed by atoms with van der Waals surface area (Å²) in [5, 5.41) is 14.9. The number of furan rings is 1. The van der Waals surface area contributed by atoms with Crippen molar-refractivity contribution in [2.24, 2.45) is 0 Å². The van der Waals surface area contributed by atoms with Crippen molar-refractivity contribution in [1.82, 2.24) is 19.6 Å². The minimum Gasteiger partial charge on any atom is -0.463 e. The molecule has 0 amide bonds. The van der Waals surface area contributed by atoms with E-state index in [0.29, 0.717) is 22.9 Å². The standard InChI is InChI=1S/C15H9N5O3/c21-20(22)11-5-3-10(4-6-11)12-8-13(14-2-1-7-23-14)19-15(18-12)16-9-17-19/h1-9H. The van der Waals surface area contributed by atoms with Crippen molar-refractivity contribution in [1.29, 1.82) is 0 Å². The number of nitro benzene ring substituents is 1. The third kappa shape index (κ3) is 2.22. The Bertz CT molecular complexity index is 990. The molecule has 8 heteroatoms. The number of fused-ring (bicyclic) bond motifs is 1.